The summed E-state index contributed by atoms with van der Waals surface area (Å²) in [4.78, 5) is 24.5. The fourth-order valence-electron chi connectivity index (χ4n) is 2.31. The second-order valence-electron chi connectivity index (χ2n) is 6.44. The van der Waals surface area contributed by atoms with Crippen LogP contribution in [0.15, 0.2) is 24.3 Å². The fraction of sp³-hybridized carbons (Fsp3) is 0.500. The first-order valence-electron chi connectivity index (χ1n) is 7.32. The van der Waals surface area contributed by atoms with Gasteiger partial charge in [-0.2, -0.15) is 0 Å². The molecule has 0 bridgehead atoms. The minimum Gasteiger partial charge on any atom is -0.488 e. The van der Waals surface area contributed by atoms with E-state index in [1.54, 1.807) is 24.3 Å². The molecule has 1 fully saturated rings. The molecule has 0 saturated carbocycles. The smallest absolute Gasteiger partial charge is 0.321 e. The number of likely N-dealkylation sites (tertiary alicyclic amines) is 1. The molecule has 120 valence electrons. The molecular formula is C16H22N2O4. The van der Waals surface area contributed by atoms with E-state index in [9.17, 15) is 9.59 Å². The molecule has 1 aromatic rings. The van der Waals surface area contributed by atoms with Crippen molar-refractivity contribution in [1.82, 2.24) is 4.90 Å². The number of ether oxygens (including phenoxy) is 1. The van der Waals surface area contributed by atoms with Gasteiger partial charge in [-0.3, -0.25) is 4.79 Å². The van der Waals surface area contributed by atoms with E-state index in [0.29, 0.717) is 18.7 Å². The minimum absolute atomic E-state index is 0.256. The van der Waals surface area contributed by atoms with Crippen LogP contribution in [0, 0.1) is 5.92 Å². The SMILES string of the molecule is CC(C)(C)Oc1ccc(NC(=O)N2CCC(C(=O)O)C2)cc1. The van der Waals surface area contributed by atoms with Crippen molar-refractivity contribution in [3.8, 4) is 5.75 Å². The van der Waals surface area contributed by atoms with E-state index in [4.69, 9.17) is 9.84 Å². The molecule has 1 atom stereocenters. The maximum Gasteiger partial charge on any atom is 0.321 e. The molecule has 2 rings (SSSR count). The monoisotopic (exact) mass is 306 g/mol. The second-order valence-corrected chi connectivity index (χ2v) is 6.44. The number of hydrogen-bond acceptors (Lipinski definition) is 3. The number of anilines is 1. The fourth-order valence-corrected chi connectivity index (χ4v) is 2.31. The van der Waals surface area contributed by atoms with Gasteiger partial charge < -0.3 is 20.1 Å². The van der Waals surface area contributed by atoms with E-state index in [-0.39, 0.29) is 18.2 Å². The Morgan fingerprint density at radius 1 is 1.27 bits per heavy atom. The Morgan fingerprint density at radius 3 is 2.41 bits per heavy atom. The van der Waals surface area contributed by atoms with Crippen LogP contribution in [-0.2, 0) is 4.79 Å². The van der Waals surface area contributed by atoms with Crippen molar-refractivity contribution in [3.05, 3.63) is 24.3 Å². The van der Waals surface area contributed by atoms with Crippen LogP contribution in [-0.4, -0.2) is 40.7 Å². The molecule has 2 amide bonds. The lowest BCUT2D eigenvalue weighted by Crippen LogP contribution is -2.33. The van der Waals surface area contributed by atoms with E-state index in [0.717, 1.165) is 5.75 Å². The second kappa shape index (κ2) is 6.25. The summed E-state index contributed by atoms with van der Waals surface area (Å²) in [5, 5.41) is 11.7. The molecule has 6 heteroatoms. The van der Waals surface area contributed by atoms with E-state index < -0.39 is 11.9 Å². The molecule has 1 unspecified atom stereocenters. The summed E-state index contributed by atoms with van der Waals surface area (Å²) < 4.78 is 5.71. The van der Waals surface area contributed by atoms with Crippen LogP contribution in [0.5, 0.6) is 5.75 Å². The first kappa shape index (κ1) is 16.1. The van der Waals surface area contributed by atoms with Gasteiger partial charge in [-0.05, 0) is 51.5 Å². The zero-order valence-corrected chi connectivity index (χ0v) is 13.1. The van der Waals surface area contributed by atoms with Crippen LogP contribution in [0.4, 0.5) is 10.5 Å². The highest BCUT2D eigenvalue weighted by atomic mass is 16.5. The first-order chi connectivity index (χ1) is 10.2. The van der Waals surface area contributed by atoms with Gasteiger partial charge in [0.2, 0.25) is 0 Å². The molecule has 2 N–H and O–H groups in total. The van der Waals surface area contributed by atoms with Gasteiger partial charge in [-0.25, -0.2) is 4.79 Å². The number of amides is 2. The summed E-state index contributed by atoms with van der Waals surface area (Å²) in [6.45, 7) is 6.62. The van der Waals surface area contributed by atoms with Crippen molar-refractivity contribution in [2.45, 2.75) is 32.8 Å². The predicted molar refractivity (Wildman–Crippen MR) is 83.2 cm³/mol. The summed E-state index contributed by atoms with van der Waals surface area (Å²) in [5.74, 6) is -0.579. The molecular weight excluding hydrogens is 284 g/mol. The summed E-state index contributed by atoms with van der Waals surface area (Å²) in [6, 6.07) is 6.86. The topological polar surface area (TPSA) is 78.9 Å². The summed E-state index contributed by atoms with van der Waals surface area (Å²) in [5.41, 5.74) is 0.386. The Kier molecular flexibility index (Phi) is 4.59. The van der Waals surface area contributed by atoms with Crippen molar-refractivity contribution < 1.29 is 19.4 Å². The van der Waals surface area contributed by atoms with E-state index in [2.05, 4.69) is 5.32 Å². The zero-order valence-electron chi connectivity index (χ0n) is 13.1. The van der Waals surface area contributed by atoms with Crippen molar-refractivity contribution in [2.24, 2.45) is 5.92 Å². The first-order valence-corrected chi connectivity index (χ1v) is 7.32. The number of carbonyl (C=O) groups is 2. The highest BCUT2D eigenvalue weighted by Gasteiger charge is 2.30. The number of carboxylic acids is 1. The van der Waals surface area contributed by atoms with E-state index in [1.165, 1.54) is 4.90 Å². The highest BCUT2D eigenvalue weighted by molar-refractivity contribution is 5.90. The van der Waals surface area contributed by atoms with Crippen LogP contribution in [0.3, 0.4) is 0 Å². The van der Waals surface area contributed by atoms with Crippen molar-refractivity contribution >= 4 is 17.7 Å². The lowest BCUT2D eigenvalue weighted by Gasteiger charge is -2.21. The largest absolute Gasteiger partial charge is 0.488 e. The summed E-state index contributed by atoms with van der Waals surface area (Å²) >= 11 is 0. The van der Waals surface area contributed by atoms with Crippen LogP contribution >= 0.6 is 0 Å². The number of benzene rings is 1. The van der Waals surface area contributed by atoms with Gasteiger partial charge in [0.15, 0.2) is 0 Å². The van der Waals surface area contributed by atoms with Gasteiger partial charge >= 0.3 is 12.0 Å². The molecule has 1 aliphatic heterocycles. The number of hydrogen-bond donors (Lipinski definition) is 2. The van der Waals surface area contributed by atoms with Crippen LogP contribution in [0.2, 0.25) is 0 Å². The maximum atomic E-state index is 12.1. The highest BCUT2D eigenvalue weighted by Crippen LogP contribution is 2.22. The Balaban J connectivity index is 1.91. The molecule has 0 aliphatic carbocycles. The minimum atomic E-state index is -0.848. The third kappa shape index (κ3) is 4.38. The lowest BCUT2D eigenvalue weighted by molar-refractivity contribution is -0.141. The molecule has 1 aromatic carbocycles. The Hall–Kier alpha value is -2.24. The van der Waals surface area contributed by atoms with Gasteiger partial charge in [0.05, 0.1) is 5.92 Å². The number of urea groups is 1. The van der Waals surface area contributed by atoms with Gasteiger partial charge in [-0.1, -0.05) is 0 Å². The summed E-state index contributed by atoms with van der Waals surface area (Å²) in [6.07, 6.45) is 0.501. The molecule has 22 heavy (non-hydrogen) atoms. The van der Waals surface area contributed by atoms with Crippen LogP contribution < -0.4 is 10.1 Å². The van der Waals surface area contributed by atoms with Gasteiger partial charge in [0.25, 0.3) is 0 Å². The van der Waals surface area contributed by atoms with Crippen LogP contribution in [0.25, 0.3) is 0 Å². The average Bonchev–Trinajstić information content (AvgIpc) is 2.89. The third-order valence-electron chi connectivity index (χ3n) is 3.35. The number of nitrogens with zero attached hydrogens (tertiary/aromatic N) is 1. The van der Waals surface area contributed by atoms with E-state index in [1.807, 2.05) is 20.8 Å². The quantitative estimate of drug-likeness (QED) is 0.900. The molecule has 6 nitrogen and oxygen atoms in total. The lowest BCUT2D eigenvalue weighted by atomic mass is 10.1. The van der Waals surface area contributed by atoms with Gasteiger partial charge in [-0.15, -0.1) is 0 Å². The molecule has 1 saturated heterocycles. The molecule has 0 aromatic heterocycles. The van der Waals surface area contributed by atoms with Gasteiger partial charge in [0, 0.05) is 18.8 Å². The van der Waals surface area contributed by atoms with Crippen molar-refractivity contribution in [1.29, 1.82) is 0 Å². The van der Waals surface area contributed by atoms with Crippen molar-refractivity contribution in [3.63, 3.8) is 0 Å². The summed E-state index contributed by atoms with van der Waals surface area (Å²) in [7, 11) is 0. The number of nitrogens with one attached hydrogen (secondary N) is 1. The Labute approximate surface area is 130 Å². The Morgan fingerprint density at radius 2 is 1.91 bits per heavy atom. The van der Waals surface area contributed by atoms with Crippen molar-refractivity contribution in [2.75, 3.05) is 18.4 Å². The predicted octanol–water partition coefficient (Wildman–Crippen LogP) is 2.80. The molecule has 0 spiro atoms. The number of aliphatic carboxylic acids is 1. The number of carboxylic acid groups (broad SMARTS) is 1. The third-order valence-corrected chi connectivity index (χ3v) is 3.35. The molecule has 1 heterocycles. The van der Waals surface area contributed by atoms with Gasteiger partial charge in [0.1, 0.15) is 11.4 Å². The number of rotatable bonds is 3. The van der Waals surface area contributed by atoms with Crippen LogP contribution in [0.1, 0.15) is 27.2 Å². The Bertz CT molecular complexity index is 548. The molecule has 0 radical (unpaired) electrons. The zero-order chi connectivity index (χ0) is 16.3. The maximum absolute atomic E-state index is 12.1. The standard InChI is InChI=1S/C16H22N2O4/c1-16(2,3)22-13-6-4-12(5-7-13)17-15(21)18-9-8-11(10-18)14(19)20/h4-7,11H,8-10H2,1-3H3,(H,17,21)(H,19,20). The normalized spacial score (nSPS) is 18.1. The van der Waals surface area contributed by atoms with E-state index >= 15 is 0 Å². The molecule has 1 aliphatic rings. The number of carbonyl (C=O) groups excluding carboxylic acids is 1. The average molecular weight is 306 g/mol.